The fourth-order valence-corrected chi connectivity index (χ4v) is 1.91. The summed E-state index contributed by atoms with van der Waals surface area (Å²) in [4.78, 5) is 4.70. The van der Waals surface area contributed by atoms with E-state index in [1.54, 1.807) is 12.1 Å². The predicted molar refractivity (Wildman–Crippen MR) is 56.2 cm³/mol. The number of rotatable bonds is 2. The third kappa shape index (κ3) is 2.12. The third-order valence-corrected chi connectivity index (χ3v) is 2.75. The van der Waals surface area contributed by atoms with Crippen LogP contribution in [0.3, 0.4) is 0 Å². The molecule has 2 rings (SSSR count). The normalized spacial score (nSPS) is 10.5. The highest BCUT2D eigenvalue weighted by Gasteiger charge is 2.09. The molecule has 0 bridgehead atoms. The van der Waals surface area contributed by atoms with Gasteiger partial charge in [-0.3, -0.25) is 0 Å². The van der Waals surface area contributed by atoms with Gasteiger partial charge in [-0.25, -0.2) is 9.37 Å². The van der Waals surface area contributed by atoms with Crippen LogP contribution in [-0.2, 0) is 0 Å². The maximum atomic E-state index is 13.1. The van der Waals surface area contributed by atoms with Gasteiger partial charge < -0.3 is 10.2 Å². The Morgan fingerprint density at radius 2 is 2.27 bits per heavy atom. The van der Waals surface area contributed by atoms with Gasteiger partial charge in [0.25, 0.3) is 5.22 Å². The highest BCUT2D eigenvalue weighted by atomic mass is 32.2. The molecular formula is C10H9FN2OS. The first-order valence-electron chi connectivity index (χ1n) is 4.31. The van der Waals surface area contributed by atoms with Gasteiger partial charge in [0.15, 0.2) is 0 Å². The Labute approximate surface area is 90.5 Å². The molecule has 0 unspecified atom stereocenters. The minimum Gasteiger partial charge on any atom is -0.439 e. The standard InChI is InChI=1S/C10H9FN2OS/c1-6-5-14-10(13-6)15-8-4-2-3-7(11)9(8)12/h2-5H,12H2,1H3. The zero-order valence-corrected chi connectivity index (χ0v) is 8.84. The second-order valence-electron chi connectivity index (χ2n) is 3.01. The number of nitrogens with two attached hydrogens (primary N) is 1. The van der Waals surface area contributed by atoms with Gasteiger partial charge in [0, 0.05) is 4.90 Å². The summed E-state index contributed by atoms with van der Waals surface area (Å²) in [5.41, 5.74) is 6.48. The number of benzene rings is 1. The van der Waals surface area contributed by atoms with E-state index in [0.29, 0.717) is 10.1 Å². The molecule has 1 heterocycles. The third-order valence-electron chi connectivity index (χ3n) is 1.81. The van der Waals surface area contributed by atoms with Crippen LogP contribution < -0.4 is 5.73 Å². The SMILES string of the molecule is Cc1coc(Sc2cccc(F)c2N)n1. The van der Waals surface area contributed by atoms with Gasteiger partial charge in [-0.2, -0.15) is 0 Å². The molecule has 1 aromatic heterocycles. The lowest BCUT2D eigenvalue weighted by atomic mass is 10.3. The van der Waals surface area contributed by atoms with E-state index in [1.807, 2.05) is 6.92 Å². The van der Waals surface area contributed by atoms with Gasteiger partial charge in [0.1, 0.15) is 12.1 Å². The number of nitrogens with zero attached hydrogens (tertiary/aromatic N) is 1. The van der Waals surface area contributed by atoms with Crippen LogP contribution in [0.2, 0.25) is 0 Å². The summed E-state index contributed by atoms with van der Waals surface area (Å²) in [5, 5.41) is 0.463. The molecule has 0 aliphatic rings. The summed E-state index contributed by atoms with van der Waals surface area (Å²) in [5.74, 6) is -0.428. The Kier molecular flexibility index (Phi) is 2.64. The van der Waals surface area contributed by atoms with Gasteiger partial charge >= 0.3 is 0 Å². The van der Waals surface area contributed by atoms with Gasteiger partial charge in [-0.15, -0.1) is 0 Å². The summed E-state index contributed by atoms with van der Waals surface area (Å²) >= 11 is 1.21. The molecule has 2 N–H and O–H groups in total. The molecule has 0 fully saturated rings. The fraction of sp³-hybridized carbons (Fsp3) is 0.100. The number of halogens is 1. The second kappa shape index (κ2) is 3.94. The van der Waals surface area contributed by atoms with Crippen molar-refractivity contribution >= 4 is 17.4 Å². The molecule has 15 heavy (non-hydrogen) atoms. The zero-order valence-electron chi connectivity index (χ0n) is 8.03. The molecule has 2 aromatic rings. The Balaban J connectivity index is 2.28. The van der Waals surface area contributed by atoms with Crippen LogP contribution >= 0.6 is 11.8 Å². The van der Waals surface area contributed by atoms with E-state index in [0.717, 1.165) is 5.69 Å². The maximum absolute atomic E-state index is 13.1. The maximum Gasteiger partial charge on any atom is 0.260 e. The van der Waals surface area contributed by atoms with Crippen molar-refractivity contribution in [1.82, 2.24) is 4.98 Å². The van der Waals surface area contributed by atoms with Crippen molar-refractivity contribution in [2.45, 2.75) is 17.0 Å². The number of aryl methyl sites for hydroxylation is 1. The van der Waals surface area contributed by atoms with Crippen molar-refractivity contribution in [1.29, 1.82) is 0 Å². The lowest BCUT2D eigenvalue weighted by Crippen LogP contribution is -1.92. The monoisotopic (exact) mass is 224 g/mol. The van der Waals surface area contributed by atoms with Crippen LogP contribution in [0.4, 0.5) is 10.1 Å². The van der Waals surface area contributed by atoms with Crippen molar-refractivity contribution < 1.29 is 8.81 Å². The minimum absolute atomic E-state index is 0.123. The molecule has 0 saturated carbocycles. The molecule has 0 aliphatic heterocycles. The average Bonchev–Trinajstić information content (AvgIpc) is 2.59. The van der Waals surface area contributed by atoms with Gasteiger partial charge in [0.05, 0.1) is 11.4 Å². The van der Waals surface area contributed by atoms with Crippen molar-refractivity contribution in [3.63, 3.8) is 0 Å². The highest BCUT2D eigenvalue weighted by Crippen LogP contribution is 2.32. The number of oxazole rings is 1. The molecule has 0 aliphatic carbocycles. The predicted octanol–water partition coefficient (Wildman–Crippen LogP) is 2.86. The van der Waals surface area contributed by atoms with Crippen LogP contribution in [0.15, 0.2) is 39.0 Å². The van der Waals surface area contributed by atoms with Gasteiger partial charge in [0.2, 0.25) is 0 Å². The molecule has 5 heteroatoms. The Bertz CT molecular complexity index is 484. The zero-order chi connectivity index (χ0) is 10.8. The van der Waals surface area contributed by atoms with Crippen LogP contribution in [0.5, 0.6) is 0 Å². The number of hydrogen-bond donors (Lipinski definition) is 1. The van der Waals surface area contributed by atoms with Crippen LogP contribution in [-0.4, -0.2) is 4.98 Å². The van der Waals surface area contributed by atoms with Crippen molar-refractivity contribution in [3.05, 3.63) is 36.0 Å². The average molecular weight is 224 g/mol. The first kappa shape index (κ1) is 10.0. The van der Waals surface area contributed by atoms with Crippen molar-refractivity contribution in [2.75, 3.05) is 5.73 Å². The quantitative estimate of drug-likeness (QED) is 0.797. The van der Waals surface area contributed by atoms with E-state index < -0.39 is 5.82 Å². The van der Waals surface area contributed by atoms with Crippen LogP contribution in [0.1, 0.15) is 5.69 Å². The molecule has 0 atom stereocenters. The first-order valence-corrected chi connectivity index (χ1v) is 5.12. The van der Waals surface area contributed by atoms with Crippen molar-refractivity contribution in [3.8, 4) is 0 Å². The smallest absolute Gasteiger partial charge is 0.260 e. The molecule has 3 nitrogen and oxygen atoms in total. The first-order chi connectivity index (χ1) is 7.16. The lowest BCUT2D eigenvalue weighted by molar-refractivity contribution is 0.454. The largest absolute Gasteiger partial charge is 0.439 e. The Morgan fingerprint density at radius 1 is 1.47 bits per heavy atom. The minimum atomic E-state index is -0.428. The number of para-hydroxylation sites is 1. The van der Waals surface area contributed by atoms with Crippen LogP contribution in [0, 0.1) is 12.7 Å². The van der Waals surface area contributed by atoms with E-state index in [9.17, 15) is 4.39 Å². The number of nitrogen functional groups attached to an aromatic ring is 1. The summed E-state index contributed by atoms with van der Waals surface area (Å²) in [6.45, 7) is 1.82. The fourth-order valence-electron chi connectivity index (χ4n) is 1.08. The second-order valence-corrected chi connectivity index (χ2v) is 4.00. The van der Waals surface area contributed by atoms with E-state index in [-0.39, 0.29) is 5.69 Å². The summed E-state index contributed by atoms with van der Waals surface area (Å²) in [7, 11) is 0. The summed E-state index contributed by atoms with van der Waals surface area (Å²) in [6, 6.07) is 4.65. The molecule has 0 spiro atoms. The lowest BCUT2D eigenvalue weighted by Gasteiger charge is -2.02. The summed E-state index contributed by atoms with van der Waals surface area (Å²) < 4.78 is 18.2. The van der Waals surface area contributed by atoms with E-state index in [1.165, 1.54) is 24.1 Å². The molecule has 0 radical (unpaired) electrons. The van der Waals surface area contributed by atoms with Gasteiger partial charge in [-0.1, -0.05) is 6.07 Å². The molecular weight excluding hydrogens is 215 g/mol. The van der Waals surface area contributed by atoms with Gasteiger partial charge in [-0.05, 0) is 30.8 Å². The summed E-state index contributed by atoms with van der Waals surface area (Å²) in [6.07, 6.45) is 1.54. The van der Waals surface area contributed by atoms with Crippen molar-refractivity contribution in [2.24, 2.45) is 0 Å². The number of anilines is 1. The van der Waals surface area contributed by atoms with E-state index >= 15 is 0 Å². The Hall–Kier alpha value is -1.49. The topological polar surface area (TPSA) is 52.0 Å². The number of hydrogen-bond acceptors (Lipinski definition) is 4. The highest BCUT2D eigenvalue weighted by molar-refractivity contribution is 7.99. The molecule has 1 aromatic carbocycles. The molecule has 78 valence electrons. The number of aromatic nitrogens is 1. The van der Waals surface area contributed by atoms with E-state index in [2.05, 4.69) is 4.98 Å². The van der Waals surface area contributed by atoms with Crippen LogP contribution in [0.25, 0.3) is 0 Å². The molecule has 0 saturated heterocycles. The Morgan fingerprint density at radius 3 is 2.93 bits per heavy atom. The molecule has 0 amide bonds. The van der Waals surface area contributed by atoms with E-state index in [4.69, 9.17) is 10.2 Å².